The van der Waals surface area contributed by atoms with Crippen LogP contribution in [-0.2, 0) is 43.5 Å². The molecule has 3 aromatic carbocycles. The number of ether oxygens (including phenoxy) is 3. The van der Waals surface area contributed by atoms with Crippen LogP contribution in [0.1, 0.15) is 23.6 Å². The average Bonchev–Trinajstić information content (AvgIpc) is 2.91. The fraction of sp³-hybridized carbons (Fsp3) is 0.400. The van der Waals surface area contributed by atoms with E-state index in [9.17, 15) is 5.11 Å². The van der Waals surface area contributed by atoms with Crippen LogP contribution in [0, 0.1) is 0 Å². The Morgan fingerprint density at radius 3 is 1.43 bits per heavy atom. The first kappa shape index (κ1) is 29.2. The van der Waals surface area contributed by atoms with Crippen LogP contribution in [0.3, 0.4) is 0 Å². The highest BCUT2D eigenvalue weighted by Crippen LogP contribution is 2.23. The van der Waals surface area contributed by atoms with Crippen LogP contribution in [0.25, 0.3) is 0 Å². The van der Waals surface area contributed by atoms with Gasteiger partial charge in [0.05, 0.1) is 32.5 Å². The minimum Gasteiger partial charge on any atom is -0.393 e. The van der Waals surface area contributed by atoms with Gasteiger partial charge in [0.2, 0.25) is 8.32 Å². The third-order valence-corrected chi connectivity index (χ3v) is 6.28. The third-order valence-electron chi connectivity index (χ3n) is 5.68. The highest BCUT2D eigenvalue weighted by molar-refractivity contribution is 6.69. The topological polar surface area (TPSA) is 66.4 Å². The van der Waals surface area contributed by atoms with E-state index in [0.717, 1.165) is 16.7 Å². The quantitative estimate of drug-likeness (QED) is 0.143. The molecular formula is C30H40O6Si. The van der Waals surface area contributed by atoms with Crippen molar-refractivity contribution >= 4 is 8.32 Å². The second-order valence-corrected chi connectivity index (χ2v) is 14.4. The van der Waals surface area contributed by atoms with Crippen LogP contribution < -0.4 is 0 Å². The second kappa shape index (κ2) is 15.1. The standard InChI is InChI=1S/C30H40O6Si/c1-24(32-21-25-14-8-5-9-15-25)29(33-22-26-16-10-6-11-17-26)30(28(20-31)35-36-37(2,3)4)34-23-27-18-12-7-13-19-27/h5-19,24,28-31H,20-23H2,1-4H3/t24-,28?,29?,30-/m1/s1. The van der Waals surface area contributed by atoms with Gasteiger partial charge in [-0.1, -0.05) is 91.0 Å². The lowest BCUT2D eigenvalue weighted by Gasteiger charge is -2.36. The van der Waals surface area contributed by atoms with E-state index in [-0.39, 0.29) is 12.7 Å². The Bertz CT molecular complexity index is 997. The normalized spacial score (nSPS) is 15.2. The number of hydrogen-bond acceptors (Lipinski definition) is 6. The summed E-state index contributed by atoms with van der Waals surface area (Å²) in [5.74, 6) is 0. The van der Waals surface area contributed by atoms with Gasteiger partial charge < -0.3 is 19.3 Å². The molecule has 200 valence electrons. The maximum Gasteiger partial charge on any atom is 0.230 e. The summed E-state index contributed by atoms with van der Waals surface area (Å²) in [4.78, 5) is 5.80. The molecule has 3 aromatic rings. The van der Waals surface area contributed by atoms with Crippen molar-refractivity contribution in [2.75, 3.05) is 6.61 Å². The van der Waals surface area contributed by atoms with E-state index in [0.29, 0.717) is 19.8 Å². The summed E-state index contributed by atoms with van der Waals surface area (Å²) < 4.78 is 24.9. The Kier molecular flexibility index (Phi) is 12.0. The predicted octanol–water partition coefficient (Wildman–Crippen LogP) is 5.91. The molecule has 0 spiro atoms. The summed E-state index contributed by atoms with van der Waals surface area (Å²) in [5, 5.41) is 10.3. The third kappa shape index (κ3) is 10.5. The summed E-state index contributed by atoms with van der Waals surface area (Å²) in [6.07, 6.45) is -2.33. The molecule has 37 heavy (non-hydrogen) atoms. The minimum atomic E-state index is -2.02. The zero-order chi connectivity index (χ0) is 26.5. The van der Waals surface area contributed by atoms with Crippen molar-refractivity contribution in [1.82, 2.24) is 0 Å². The van der Waals surface area contributed by atoms with Gasteiger partial charge in [0.15, 0.2) is 0 Å². The van der Waals surface area contributed by atoms with Gasteiger partial charge in [0.25, 0.3) is 0 Å². The minimum absolute atomic E-state index is 0.291. The van der Waals surface area contributed by atoms with Crippen molar-refractivity contribution in [3.8, 4) is 0 Å². The van der Waals surface area contributed by atoms with Gasteiger partial charge in [-0.05, 0) is 43.3 Å². The second-order valence-electron chi connectivity index (χ2n) is 10.0. The van der Waals surface area contributed by atoms with Crippen LogP contribution in [0.5, 0.6) is 0 Å². The molecule has 0 aliphatic rings. The Morgan fingerprint density at radius 1 is 0.622 bits per heavy atom. The van der Waals surface area contributed by atoms with Crippen molar-refractivity contribution in [3.63, 3.8) is 0 Å². The first-order valence-corrected chi connectivity index (χ1v) is 16.2. The molecule has 0 amide bonds. The highest BCUT2D eigenvalue weighted by atomic mass is 28.4. The van der Waals surface area contributed by atoms with Crippen LogP contribution in [0.4, 0.5) is 0 Å². The molecular weight excluding hydrogens is 484 g/mol. The molecule has 6 nitrogen and oxygen atoms in total. The van der Waals surface area contributed by atoms with Crippen LogP contribution in [0.2, 0.25) is 19.6 Å². The van der Waals surface area contributed by atoms with Gasteiger partial charge in [0.1, 0.15) is 18.3 Å². The number of aliphatic hydroxyl groups excluding tert-OH is 1. The van der Waals surface area contributed by atoms with E-state index in [2.05, 4.69) is 0 Å². The first-order valence-electron chi connectivity index (χ1n) is 12.8. The molecule has 4 atom stereocenters. The zero-order valence-corrected chi connectivity index (χ0v) is 23.3. The van der Waals surface area contributed by atoms with Crippen LogP contribution >= 0.6 is 0 Å². The number of hydrogen-bond donors (Lipinski definition) is 1. The van der Waals surface area contributed by atoms with E-state index in [1.165, 1.54) is 0 Å². The lowest BCUT2D eigenvalue weighted by molar-refractivity contribution is -0.303. The molecule has 3 rings (SSSR count). The van der Waals surface area contributed by atoms with E-state index in [1.54, 1.807) is 0 Å². The van der Waals surface area contributed by atoms with Crippen molar-refractivity contribution < 1.29 is 28.8 Å². The van der Waals surface area contributed by atoms with Crippen LogP contribution in [-0.4, -0.2) is 44.4 Å². The zero-order valence-electron chi connectivity index (χ0n) is 22.3. The molecule has 0 radical (unpaired) electrons. The lowest BCUT2D eigenvalue weighted by Crippen LogP contribution is -2.50. The Labute approximate surface area is 222 Å². The maximum atomic E-state index is 10.3. The molecule has 7 heteroatoms. The van der Waals surface area contributed by atoms with Crippen molar-refractivity contribution in [1.29, 1.82) is 0 Å². The fourth-order valence-electron chi connectivity index (χ4n) is 3.74. The summed E-state index contributed by atoms with van der Waals surface area (Å²) in [7, 11) is -2.02. The molecule has 0 heterocycles. The molecule has 0 aromatic heterocycles. The number of benzene rings is 3. The van der Waals surface area contributed by atoms with Crippen molar-refractivity contribution in [2.24, 2.45) is 0 Å². The molecule has 0 bridgehead atoms. The maximum absolute atomic E-state index is 10.3. The Balaban J connectivity index is 1.84. The molecule has 1 N–H and O–H groups in total. The molecule has 0 saturated heterocycles. The molecule has 0 aliphatic carbocycles. The van der Waals surface area contributed by atoms with Gasteiger partial charge in [-0.2, -0.15) is 0 Å². The number of aliphatic hydroxyl groups is 1. The monoisotopic (exact) mass is 524 g/mol. The van der Waals surface area contributed by atoms with Gasteiger partial charge >= 0.3 is 0 Å². The Hall–Kier alpha value is -2.36. The highest BCUT2D eigenvalue weighted by Gasteiger charge is 2.38. The summed E-state index contributed by atoms with van der Waals surface area (Å²) in [6.45, 7) is 8.86. The first-order chi connectivity index (χ1) is 17.9. The summed E-state index contributed by atoms with van der Waals surface area (Å²) >= 11 is 0. The van der Waals surface area contributed by atoms with Crippen LogP contribution in [0.15, 0.2) is 91.0 Å². The molecule has 0 saturated carbocycles. The lowest BCUT2D eigenvalue weighted by atomic mass is 10.0. The van der Waals surface area contributed by atoms with Crippen molar-refractivity contribution in [3.05, 3.63) is 108 Å². The van der Waals surface area contributed by atoms with E-state index in [4.69, 9.17) is 23.7 Å². The van der Waals surface area contributed by atoms with Gasteiger partial charge in [-0.15, -0.1) is 0 Å². The number of rotatable bonds is 16. The average molecular weight is 525 g/mol. The van der Waals surface area contributed by atoms with E-state index < -0.39 is 26.6 Å². The SMILES string of the molecule is C[C@@H](OCc1ccccc1)C(OCc1ccccc1)[C@H](OCc1ccccc1)C(CO)OO[Si](C)(C)C. The smallest absolute Gasteiger partial charge is 0.230 e. The summed E-state index contributed by atoms with van der Waals surface area (Å²) in [5.41, 5.74) is 3.11. The Morgan fingerprint density at radius 2 is 1.03 bits per heavy atom. The fourth-order valence-corrected chi connectivity index (χ4v) is 4.15. The van der Waals surface area contributed by atoms with Crippen molar-refractivity contribution in [2.45, 2.75) is 70.8 Å². The molecule has 2 unspecified atom stereocenters. The van der Waals surface area contributed by atoms with Gasteiger partial charge in [-0.25, -0.2) is 4.89 Å². The molecule has 0 fully saturated rings. The van der Waals surface area contributed by atoms with E-state index in [1.807, 2.05) is 118 Å². The van der Waals surface area contributed by atoms with E-state index >= 15 is 0 Å². The largest absolute Gasteiger partial charge is 0.393 e. The van der Waals surface area contributed by atoms with Gasteiger partial charge in [-0.3, -0.25) is 4.58 Å². The molecule has 0 aliphatic heterocycles. The van der Waals surface area contributed by atoms with Gasteiger partial charge in [0, 0.05) is 0 Å². The summed E-state index contributed by atoms with van der Waals surface area (Å²) in [6, 6.07) is 29.9. The predicted molar refractivity (Wildman–Crippen MR) is 147 cm³/mol.